The molecule has 0 aliphatic heterocycles. The van der Waals surface area contributed by atoms with Crippen LogP contribution in [0.5, 0.6) is 5.75 Å². The number of hydrogen-bond acceptors (Lipinski definition) is 3. The van der Waals surface area contributed by atoms with Gasteiger partial charge in [0.2, 0.25) is 5.91 Å². The fraction of sp³-hybridized carbons (Fsp3) is 0.167. The molecule has 0 radical (unpaired) electrons. The smallest absolute Gasteiger partial charge is 0.239 e. The van der Waals surface area contributed by atoms with Gasteiger partial charge in [-0.3, -0.25) is 9.59 Å². The van der Waals surface area contributed by atoms with E-state index in [1.807, 2.05) is 41.0 Å². The van der Waals surface area contributed by atoms with Gasteiger partial charge in [0.25, 0.3) is 0 Å². The lowest BCUT2D eigenvalue weighted by Gasteiger charge is -2.15. The SMILES string of the molecule is O=C(Cn1c2ccccc2c(=O)c2ccccc21)NCCCOc1ccc(Cl)cc1Cl. The van der Waals surface area contributed by atoms with Gasteiger partial charge in [0.15, 0.2) is 5.43 Å². The molecule has 0 aliphatic rings. The van der Waals surface area contributed by atoms with Crippen molar-refractivity contribution in [2.75, 3.05) is 13.2 Å². The zero-order chi connectivity index (χ0) is 21.8. The molecule has 5 nitrogen and oxygen atoms in total. The van der Waals surface area contributed by atoms with E-state index < -0.39 is 0 Å². The maximum absolute atomic E-state index is 12.8. The number of nitrogens with zero attached hydrogens (tertiary/aromatic N) is 1. The summed E-state index contributed by atoms with van der Waals surface area (Å²) in [5.74, 6) is 0.423. The molecule has 31 heavy (non-hydrogen) atoms. The number of carbonyl (C=O) groups excluding carboxylic acids is 1. The molecule has 1 N–H and O–H groups in total. The van der Waals surface area contributed by atoms with Gasteiger partial charge in [-0.25, -0.2) is 0 Å². The van der Waals surface area contributed by atoms with Gasteiger partial charge in [0.1, 0.15) is 12.3 Å². The second kappa shape index (κ2) is 9.41. The average Bonchev–Trinajstić information content (AvgIpc) is 2.78. The standard InChI is InChI=1S/C24H20Cl2N2O3/c25-16-10-11-22(19(26)14-16)31-13-5-12-27-23(29)15-28-20-8-3-1-6-17(20)24(30)18-7-2-4-9-21(18)28/h1-4,6-11,14H,5,12-13,15H2,(H,27,29). The molecule has 0 atom stereocenters. The van der Waals surface area contributed by atoms with E-state index in [4.69, 9.17) is 27.9 Å². The molecule has 3 aromatic carbocycles. The number of benzene rings is 3. The third-order valence-corrected chi connectivity index (χ3v) is 5.51. The fourth-order valence-electron chi connectivity index (χ4n) is 3.52. The molecular weight excluding hydrogens is 435 g/mol. The Morgan fingerprint density at radius 3 is 2.23 bits per heavy atom. The Balaban J connectivity index is 1.41. The van der Waals surface area contributed by atoms with Gasteiger partial charge in [-0.2, -0.15) is 0 Å². The summed E-state index contributed by atoms with van der Waals surface area (Å²) in [5, 5.41) is 5.11. The third kappa shape index (κ3) is 4.68. The number of nitrogens with one attached hydrogen (secondary N) is 1. The maximum atomic E-state index is 12.8. The van der Waals surface area contributed by atoms with Crippen molar-refractivity contribution in [2.45, 2.75) is 13.0 Å². The summed E-state index contributed by atoms with van der Waals surface area (Å²) in [7, 11) is 0. The summed E-state index contributed by atoms with van der Waals surface area (Å²) in [4.78, 5) is 25.4. The molecule has 4 rings (SSSR count). The van der Waals surface area contributed by atoms with Crippen molar-refractivity contribution in [3.8, 4) is 5.75 Å². The third-order valence-electron chi connectivity index (χ3n) is 4.98. The van der Waals surface area contributed by atoms with E-state index >= 15 is 0 Å². The molecule has 0 spiro atoms. The number of pyridine rings is 1. The van der Waals surface area contributed by atoms with E-state index in [-0.39, 0.29) is 17.9 Å². The highest BCUT2D eigenvalue weighted by molar-refractivity contribution is 6.35. The summed E-state index contributed by atoms with van der Waals surface area (Å²) in [5.41, 5.74) is 1.45. The highest BCUT2D eigenvalue weighted by atomic mass is 35.5. The summed E-state index contributed by atoms with van der Waals surface area (Å²) in [6.45, 7) is 0.983. The predicted molar refractivity (Wildman–Crippen MR) is 125 cm³/mol. The number of fused-ring (bicyclic) bond motifs is 2. The van der Waals surface area contributed by atoms with E-state index in [0.29, 0.717) is 46.1 Å². The number of amides is 1. The molecule has 0 saturated heterocycles. The van der Waals surface area contributed by atoms with Gasteiger partial charge in [-0.05, 0) is 48.9 Å². The van der Waals surface area contributed by atoms with Gasteiger partial charge in [-0.1, -0.05) is 47.5 Å². The van der Waals surface area contributed by atoms with Crippen LogP contribution in [0.4, 0.5) is 0 Å². The minimum Gasteiger partial charge on any atom is -0.492 e. The largest absolute Gasteiger partial charge is 0.492 e. The molecule has 158 valence electrons. The van der Waals surface area contributed by atoms with Crippen molar-refractivity contribution < 1.29 is 9.53 Å². The van der Waals surface area contributed by atoms with Crippen molar-refractivity contribution in [1.82, 2.24) is 9.88 Å². The lowest BCUT2D eigenvalue weighted by molar-refractivity contribution is -0.121. The van der Waals surface area contributed by atoms with Crippen LogP contribution in [0.1, 0.15) is 6.42 Å². The second-order valence-electron chi connectivity index (χ2n) is 7.08. The average molecular weight is 455 g/mol. The van der Waals surface area contributed by atoms with Crippen LogP contribution in [0.3, 0.4) is 0 Å². The Kier molecular flexibility index (Phi) is 6.44. The van der Waals surface area contributed by atoms with E-state index in [9.17, 15) is 9.59 Å². The normalized spacial score (nSPS) is 11.0. The topological polar surface area (TPSA) is 60.3 Å². The fourth-order valence-corrected chi connectivity index (χ4v) is 3.98. The van der Waals surface area contributed by atoms with E-state index in [0.717, 1.165) is 11.0 Å². The Hall–Kier alpha value is -3.02. The van der Waals surface area contributed by atoms with Crippen LogP contribution in [0, 0.1) is 0 Å². The lowest BCUT2D eigenvalue weighted by Crippen LogP contribution is -2.30. The summed E-state index contributed by atoms with van der Waals surface area (Å²) < 4.78 is 7.52. The van der Waals surface area contributed by atoms with Gasteiger partial charge < -0.3 is 14.6 Å². The number of rotatable bonds is 7. The lowest BCUT2D eigenvalue weighted by atomic mass is 10.1. The summed E-state index contributed by atoms with van der Waals surface area (Å²) in [6.07, 6.45) is 0.621. The molecule has 0 unspecified atom stereocenters. The summed E-state index contributed by atoms with van der Waals surface area (Å²) >= 11 is 12.0. The highest BCUT2D eigenvalue weighted by Crippen LogP contribution is 2.27. The molecule has 0 saturated carbocycles. The number of aromatic nitrogens is 1. The van der Waals surface area contributed by atoms with E-state index in [2.05, 4.69) is 5.32 Å². The van der Waals surface area contributed by atoms with Crippen molar-refractivity contribution in [1.29, 1.82) is 0 Å². The number of ether oxygens (including phenoxy) is 1. The maximum Gasteiger partial charge on any atom is 0.239 e. The summed E-state index contributed by atoms with van der Waals surface area (Å²) in [6, 6.07) is 19.7. The molecule has 1 heterocycles. The molecular formula is C24H20Cl2N2O3. The zero-order valence-electron chi connectivity index (χ0n) is 16.6. The molecule has 7 heteroatoms. The molecule has 1 amide bonds. The molecule has 0 fully saturated rings. The monoisotopic (exact) mass is 454 g/mol. The Morgan fingerprint density at radius 1 is 0.935 bits per heavy atom. The first kappa shape index (κ1) is 21.2. The molecule has 0 aliphatic carbocycles. The van der Waals surface area contributed by atoms with Gasteiger partial charge >= 0.3 is 0 Å². The highest BCUT2D eigenvalue weighted by Gasteiger charge is 2.12. The second-order valence-corrected chi connectivity index (χ2v) is 7.92. The van der Waals surface area contributed by atoms with Crippen molar-refractivity contribution in [2.24, 2.45) is 0 Å². The van der Waals surface area contributed by atoms with E-state index in [1.54, 1.807) is 30.3 Å². The predicted octanol–water partition coefficient (Wildman–Crippen LogP) is 5.05. The van der Waals surface area contributed by atoms with Gasteiger partial charge in [-0.15, -0.1) is 0 Å². The Bertz CT molecular complexity index is 1260. The van der Waals surface area contributed by atoms with Crippen LogP contribution < -0.4 is 15.5 Å². The first-order valence-electron chi connectivity index (χ1n) is 9.89. The molecule has 4 aromatic rings. The van der Waals surface area contributed by atoms with Crippen LogP contribution in [-0.4, -0.2) is 23.6 Å². The van der Waals surface area contributed by atoms with Gasteiger partial charge in [0, 0.05) is 22.3 Å². The van der Waals surface area contributed by atoms with Crippen molar-refractivity contribution >= 4 is 50.9 Å². The minimum absolute atomic E-state index is 0.0270. The molecule has 0 bridgehead atoms. The van der Waals surface area contributed by atoms with Crippen molar-refractivity contribution in [3.05, 3.63) is 87.0 Å². The number of hydrogen-bond donors (Lipinski definition) is 1. The number of carbonyl (C=O) groups is 1. The van der Waals surface area contributed by atoms with Crippen LogP contribution in [0.25, 0.3) is 21.8 Å². The van der Waals surface area contributed by atoms with Crippen LogP contribution in [0.15, 0.2) is 71.5 Å². The molecule has 1 aromatic heterocycles. The number of halogens is 2. The first-order valence-corrected chi connectivity index (χ1v) is 10.6. The van der Waals surface area contributed by atoms with Crippen LogP contribution in [-0.2, 0) is 11.3 Å². The van der Waals surface area contributed by atoms with E-state index in [1.165, 1.54) is 0 Å². The Morgan fingerprint density at radius 2 is 1.58 bits per heavy atom. The van der Waals surface area contributed by atoms with Crippen LogP contribution in [0.2, 0.25) is 10.0 Å². The minimum atomic E-state index is -0.136. The quantitative estimate of drug-likeness (QED) is 0.314. The van der Waals surface area contributed by atoms with Crippen LogP contribution >= 0.6 is 23.2 Å². The van der Waals surface area contributed by atoms with Crippen molar-refractivity contribution in [3.63, 3.8) is 0 Å². The zero-order valence-corrected chi connectivity index (χ0v) is 18.1. The Labute approximate surface area is 189 Å². The first-order chi connectivity index (χ1) is 15.0. The van der Waals surface area contributed by atoms with Gasteiger partial charge in [0.05, 0.1) is 22.7 Å². The number of para-hydroxylation sites is 2.